The van der Waals surface area contributed by atoms with E-state index in [1.54, 1.807) is 25.2 Å². The monoisotopic (exact) mass is 256 g/mol. The van der Waals surface area contributed by atoms with Gasteiger partial charge in [0.1, 0.15) is 0 Å². The Morgan fingerprint density at radius 2 is 2.19 bits per heavy atom. The summed E-state index contributed by atoms with van der Waals surface area (Å²) in [5, 5.41) is 6.93. The molecule has 0 aliphatic rings. The van der Waals surface area contributed by atoms with Crippen LogP contribution >= 0.6 is 23.6 Å². The molecule has 16 heavy (non-hydrogen) atoms. The van der Waals surface area contributed by atoms with Gasteiger partial charge in [0.15, 0.2) is 0 Å². The first-order valence-electron chi connectivity index (χ1n) is 4.95. The Morgan fingerprint density at radius 3 is 2.62 bits per heavy atom. The SMILES string of the molecule is Cc1cscc1CNC(=O)C(C)(C)C(N)=S. The molecule has 0 radical (unpaired) electrons. The highest BCUT2D eigenvalue weighted by atomic mass is 32.1. The maximum absolute atomic E-state index is 11.8. The third kappa shape index (κ3) is 2.80. The molecule has 1 amide bonds. The molecule has 3 N–H and O–H groups in total. The Kier molecular flexibility index (Phi) is 4.04. The van der Waals surface area contributed by atoms with Gasteiger partial charge >= 0.3 is 0 Å². The molecule has 0 aliphatic carbocycles. The fraction of sp³-hybridized carbons (Fsp3) is 0.455. The van der Waals surface area contributed by atoms with Gasteiger partial charge in [0, 0.05) is 6.54 Å². The van der Waals surface area contributed by atoms with Crippen LogP contribution in [-0.4, -0.2) is 10.9 Å². The minimum Gasteiger partial charge on any atom is -0.392 e. The van der Waals surface area contributed by atoms with Gasteiger partial charge in [-0.25, -0.2) is 0 Å². The first-order chi connectivity index (χ1) is 7.35. The fourth-order valence-corrected chi connectivity index (χ4v) is 2.03. The number of thiophene rings is 1. The number of thiocarbonyl (C=S) groups is 1. The molecule has 1 rings (SSSR count). The largest absolute Gasteiger partial charge is 0.392 e. The fourth-order valence-electron chi connectivity index (χ4n) is 1.08. The van der Waals surface area contributed by atoms with E-state index in [1.165, 1.54) is 5.56 Å². The molecular weight excluding hydrogens is 240 g/mol. The third-order valence-electron chi connectivity index (χ3n) is 2.58. The molecule has 88 valence electrons. The van der Waals surface area contributed by atoms with Crippen molar-refractivity contribution in [2.24, 2.45) is 11.1 Å². The zero-order valence-electron chi connectivity index (χ0n) is 9.66. The molecule has 1 aromatic rings. The van der Waals surface area contributed by atoms with E-state index in [-0.39, 0.29) is 10.9 Å². The van der Waals surface area contributed by atoms with Crippen LogP contribution in [-0.2, 0) is 11.3 Å². The third-order valence-corrected chi connectivity index (χ3v) is 4.01. The van der Waals surface area contributed by atoms with Gasteiger partial charge in [-0.1, -0.05) is 12.2 Å². The summed E-state index contributed by atoms with van der Waals surface area (Å²) in [7, 11) is 0. The molecule has 0 bridgehead atoms. The van der Waals surface area contributed by atoms with Crippen molar-refractivity contribution in [1.82, 2.24) is 5.32 Å². The van der Waals surface area contributed by atoms with E-state index in [0.29, 0.717) is 6.54 Å². The first kappa shape index (κ1) is 13.1. The molecule has 0 atom stereocenters. The Bertz CT molecular complexity index is 410. The van der Waals surface area contributed by atoms with Gasteiger partial charge in [0.2, 0.25) is 5.91 Å². The van der Waals surface area contributed by atoms with Gasteiger partial charge in [-0.05, 0) is 42.7 Å². The van der Waals surface area contributed by atoms with E-state index in [1.807, 2.05) is 12.3 Å². The minimum absolute atomic E-state index is 0.134. The number of hydrogen-bond donors (Lipinski definition) is 2. The maximum atomic E-state index is 11.8. The number of aryl methyl sites for hydroxylation is 1. The maximum Gasteiger partial charge on any atom is 0.232 e. The predicted molar refractivity (Wildman–Crippen MR) is 71.5 cm³/mol. The number of hydrogen-bond acceptors (Lipinski definition) is 3. The first-order valence-corrected chi connectivity index (χ1v) is 6.30. The van der Waals surface area contributed by atoms with Crippen LogP contribution in [0.2, 0.25) is 0 Å². The summed E-state index contributed by atoms with van der Waals surface area (Å²) in [6, 6.07) is 0. The zero-order valence-corrected chi connectivity index (χ0v) is 11.3. The zero-order chi connectivity index (χ0) is 12.3. The van der Waals surface area contributed by atoms with Crippen LogP contribution in [0.25, 0.3) is 0 Å². The Labute approximate surface area is 105 Å². The van der Waals surface area contributed by atoms with E-state index < -0.39 is 5.41 Å². The second-order valence-corrected chi connectivity index (χ2v) is 5.44. The van der Waals surface area contributed by atoms with Crippen molar-refractivity contribution < 1.29 is 4.79 Å². The average molecular weight is 256 g/mol. The molecule has 0 unspecified atom stereocenters. The standard InChI is InChI=1S/C11H16N2OS2/c1-7-5-16-6-8(7)4-13-10(14)11(2,3)9(12)15/h5-6H,4H2,1-3H3,(H2,12,15)(H,13,14). The molecule has 0 aromatic carbocycles. The summed E-state index contributed by atoms with van der Waals surface area (Å²) in [6.45, 7) is 6.01. The second kappa shape index (κ2) is 4.93. The molecule has 3 nitrogen and oxygen atoms in total. The van der Waals surface area contributed by atoms with E-state index in [2.05, 4.69) is 10.7 Å². The number of rotatable bonds is 4. The minimum atomic E-state index is -0.792. The van der Waals surface area contributed by atoms with E-state index in [0.717, 1.165) is 5.56 Å². The summed E-state index contributed by atoms with van der Waals surface area (Å²) >= 11 is 6.50. The van der Waals surface area contributed by atoms with Gasteiger partial charge in [-0.3, -0.25) is 4.79 Å². The number of carbonyl (C=O) groups is 1. The number of nitrogens with one attached hydrogen (secondary N) is 1. The lowest BCUT2D eigenvalue weighted by molar-refractivity contribution is -0.126. The van der Waals surface area contributed by atoms with Crippen molar-refractivity contribution in [1.29, 1.82) is 0 Å². The van der Waals surface area contributed by atoms with Gasteiger partial charge in [-0.2, -0.15) is 11.3 Å². The summed E-state index contributed by atoms with van der Waals surface area (Å²) in [6.07, 6.45) is 0. The molecule has 0 fully saturated rings. The van der Waals surface area contributed by atoms with Crippen molar-refractivity contribution in [3.8, 4) is 0 Å². The summed E-state index contributed by atoms with van der Waals surface area (Å²) in [4.78, 5) is 12.1. The van der Waals surface area contributed by atoms with Crippen molar-refractivity contribution in [2.45, 2.75) is 27.3 Å². The molecule has 0 aliphatic heterocycles. The molecule has 1 heterocycles. The van der Waals surface area contributed by atoms with E-state index in [9.17, 15) is 4.79 Å². The lowest BCUT2D eigenvalue weighted by atomic mass is 9.92. The molecule has 0 saturated carbocycles. The molecule has 1 aromatic heterocycles. The van der Waals surface area contributed by atoms with Gasteiger partial charge in [0.25, 0.3) is 0 Å². The van der Waals surface area contributed by atoms with Crippen molar-refractivity contribution in [3.63, 3.8) is 0 Å². The van der Waals surface area contributed by atoms with Gasteiger partial charge in [-0.15, -0.1) is 0 Å². The molecule has 5 heteroatoms. The molecular formula is C11H16N2OS2. The highest BCUT2D eigenvalue weighted by Gasteiger charge is 2.30. The lowest BCUT2D eigenvalue weighted by Gasteiger charge is -2.21. The summed E-state index contributed by atoms with van der Waals surface area (Å²) in [5.74, 6) is -0.134. The Hall–Kier alpha value is -0.940. The molecule has 0 spiro atoms. The summed E-state index contributed by atoms with van der Waals surface area (Å²) < 4.78 is 0. The smallest absolute Gasteiger partial charge is 0.232 e. The summed E-state index contributed by atoms with van der Waals surface area (Å²) in [5.41, 5.74) is 7.06. The average Bonchev–Trinajstić information content (AvgIpc) is 2.60. The van der Waals surface area contributed by atoms with Gasteiger partial charge < -0.3 is 11.1 Å². The molecule has 0 saturated heterocycles. The van der Waals surface area contributed by atoms with Crippen LogP contribution in [0.3, 0.4) is 0 Å². The predicted octanol–water partition coefficient (Wildman–Crippen LogP) is 1.99. The Balaban J connectivity index is 2.60. The number of nitrogens with two attached hydrogens (primary N) is 1. The van der Waals surface area contributed by atoms with E-state index >= 15 is 0 Å². The van der Waals surface area contributed by atoms with E-state index in [4.69, 9.17) is 18.0 Å². The normalized spacial score (nSPS) is 11.2. The highest BCUT2D eigenvalue weighted by Crippen LogP contribution is 2.17. The topological polar surface area (TPSA) is 55.1 Å². The highest BCUT2D eigenvalue weighted by molar-refractivity contribution is 7.80. The lowest BCUT2D eigenvalue weighted by Crippen LogP contribution is -2.44. The van der Waals surface area contributed by atoms with Crippen LogP contribution in [0.1, 0.15) is 25.0 Å². The van der Waals surface area contributed by atoms with Crippen molar-refractivity contribution >= 4 is 34.5 Å². The van der Waals surface area contributed by atoms with Crippen molar-refractivity contribution in [3.05, 3.63) is 21.9 Å². The van der Waals surface area contributed by atoms with Crippen LogP contribution in [0.15, 0.2) is 10.8 Å². The Morgan fingerprint density at radius 1 is 1.56 bits per heavy atom. The van der Waals surface area contributed by atoms with Gasteiger partial charge in [0.05, 0.1) is 10.4 Å². The number of carbonyl (C=O) groups excluding carboxylic acids is 1. The van der Waals surface area contributed by atoms with Crippen LogP contribution in [0.5, 0.6) is 0 Å². The van der Waals surface area contributed by atoms with Crippen molar-refractivity contribution in [2.75, 3.05) is 0 Å². The van der Waals surface area contributed by atoms with Crippen LogP contribution in [0, 0.1) is 12.3 Å². The van der Waals surface area contributed by atoms with Crippen LogP contribution < -0.4 is 11.1 Å². The second-order valence-electron chi connectivity index (χ2n) is 4.25. The quantitative estimate of drug-likeness (QED) is 0.810. The van der Waals surface area contributed by atoms with Crippen LogP contribution in [0.4, 0.5) is 0 Å². The number of amides is 1.